The molecule has 0 unspecified atom stereocenters. The summed E-state index contributed by atoms with van der Waals surface area (Å²) >= 11 is 0. The van der Waals surface area contributed by atoms with Gasteiger partial charge in [-0.15, -0.1) is 10.2 Å². The Morgan fingerprint density at radius 3 is 2.79 bits per heavy atom. The molecule has 0 radical (unpaired) electrons. The van der Waals surface area contributed by atoms with Gasteiger partial charge in [0.15, 0.2) is 0 Å². The maximum absolute atomic E-state index is 4.80. The molecule has 6 nitrogen and oxygen atoms in total. The van der Waals surface area contributed by atoms with E-state index in [1.54, 1.807) is 0 Å². The van der Waals surface area contributed by atoms with Gasteiger partial charge in [0.05, 0.1) is 0 Å². The number of aromatic amines is 2. The summed E-state index contributed by atoms with van der Waals surface area (Å²) in [5.74, 6) is 1.30. The summed E-state index contributed by atoms with van der Waals surface area (Å²) in [6.45, 7) is 2.37. The lowest BCUT2D eigenvalue weighted by molar-refractivity contribution is 0.748. The fraction of sp³-hybridized carbons (Fsp3) is 0.364. The topological polar surface area (TPSA) is 83.1 Å². The Morgan fingerprint density at radius 2 is 2.04 bits per heavy atom. The van der Waals surface area contributed by atoms with Gasteiger partial charge in [-0.1, -0.05) is 25.1 Å². The first kappa shape index (κ1) is 16.0. The van der Waals surface area contributed by atoms with Crippen LogP contribution in [0.5, 0.6) is 0 Å². The largest absolute Gasteiger partial charge is 0.358 e. The van der Waals surface area contributed by atoms with Crippen molar-refractivity contribution in [3.63, 3.8) is 0 Å². The van der Waals surface area contributed by atoms with Gasteiger partial charge in [0.1, 0.15) is 5.69 Å². The predicted molar refractivity (Wildman–Crippen MR) is 107 cm³/mol. The van der Waals surface area contributed by atoms with E-state index in [0.29, 0.717) is 5.82 Å². The minimum atomic E-state index is 0.277. The van der Waals surface area contributed by atoms with Crippen molar-refractivity contribution < 1.29 is 0 Å². The number of nitrogens with zero attached hydrogens (tertiary/aromatic N) is 4. The van der Waals surface area contributed by atoms with Gasteiger partial charge in [0.2, 0.25) is 5.82 Å². The van der Waals surface area contributed by atoms with Gasteiger partial charge >= 0.3 is 0 Å². The van der Waals surface area contributed by atoms with E-state index in [9.17, 15) is 0 Å². The number of hydrogen-bond acceptors (Lipinski definition) is 4. The molecule has 2 saturated carbocycles. The maximum atomic E-state index is 4.80. The summed E-state index contributed by atoms with van der Waals surface area (Å²) in [5.41, 5.74) is 7.58. The summed E-state index contributed by atoms with van der Waals surface area (Å²) in [6.07, 6.45) is 5.96. The highest BCUT2D eigenvalue weighted by molar-refractivity contribution is 5.86. The summed E-state index contributed by atoms with van der Waals surface area (Å²) < 4.78 is 0. The molecule has 2 aliphatic carbocycles. The van der Waals surface area contributed by atoms with Crippen LogP contribution in [-0.2, 0) is 11.8 Å². The van der Waals surface area contributed by atoms with E-state index < -0.39 is 0 Å². The van der Waals surface area contributed by atoms with Crippen LogP contribution in [0, 0.1) is 0 Å². The number of benzene rings is 1. The lowest BCUT2D eigenvalue weighted by Crippen LogP contribution is -2.05. The van der Waals surface area contributed by atoms with Crippen LogP contribution in [0.4, 0.5) is 0 Å². The average Bonchev–Trinajstić information content (AvgIpc) is 3.60. The van der Waals surface area contributed by atoms with Gasteiger partial charge in [-0.25, -0.2) is 4.98 Å². The molecule has 0 bridgehead atoms. The van der Waals surface area contributed by atoms with Gasteiger partial charge in [-0.3, -0.25) is 0 Å². The standard InChI is InChI=1S/C22H22N6/c1-22(9-10-22)20-17(16-8-7-14(13-5-6-13)11-19(16)24-20)12-15-3-2-4-18(23-15)21-25-27-28-26-21/h2-4,7-8,11,13,24H,5-6,9-10,12H2,1H3,(H,25,26,27,28). The zero-order chi connectivity index (χ0) is 18.7. The Bertz CT molecular complexity index is 1170. The summed E-state index contributed by atoms with van der Waals surface area (Å²) in [6, 6.07) is 13.0. The molecule has 2 aliphatic rings. The quantitative estimate of drug-likeness (QED) is 0.550. The van der Waals surface area contributed by atoms with Crippen LogP contribution in [0.2, 0.25) is 0 Å². The molecule has 0 spiro atoms. The molecule has 3 aromatic heterocycles. The van der Waals surface area contributed by atoms with E-state index in [-0.39, 0.29) is 5.41 Å². The van der Waals surface area contributed by atoms with Gasteiger partial charge in [-0.05, 0) is 66.1 Å². The zero-order valence-electron chi connectivity index (χ0n) is 15.9. The molecule has 0 saturated heterocycles. The normalized spacial score (nSPS) is 17.9. The third-order valence-corrected chi connectivity index (χ3v) is 6.32. The minimum Gasteiger partial charge on any atom is -0.358 e. The molecule has 2 fully saturated rings. The van der Waals surface area contributed by atoms with E-state index in [2.05, 4.69) is 56.8 Å². The second-order valence-electron chi connectivity index (χ2n) is 8.54. The molecule has 0 amide bonds. The average molecular weight is 370 g/mol. The van der Waals surface area contributed by atoms with E-state index in [4.69, 9.17) is 4.98 Å². The highest BCUT2D eigenvalue weighted by Crippen LogP contribution is 2.50. The number of H-pyrrole nitrogens is 2. The van der Waals surface area contributed by atoms with E-state index >= 15 is 0 Å². The summed E-state index contributed by atoms with van der Waals surface area (Å²) in [5, 5.41) is 15.6. The van der Waals surface area contributed by atoms with Crippen LogP contribution >= 0.6 is 0 Å². The predicted octanol–water partition coefficient (Wildman–Crippen LogP) is 4.26. The maximum Gasteiger partial charge on any atom is 0.222 e. The first-order valence-corrected chi connectivity index (χ1v) is 10.0. The van der Waals surface area contributed by atoms with Crippen molar-refractivity contribution in [3.05, 3.63) is 58.9 Å². The molecule has 28 heavy (non-hydrogen) atoms. The molecule has 6 heteroatoms. The van der Waals surface area contributed by atoms with Crippen LogP contribution in [0.15, 0.2) is 36.4 Å². The van der Waals surface area contributed by atoms with Crippen molar-refractivity contribution in [1.29, 1.82) is 0 Å². The number of hydrogen-bond donors (Lipinski definition) is 2. The molecule has 4 aromatic rings. The Labute approximate surface area is 162 Å². The Balaban J connectivity index is 1.44. The summed E-state index contributed by atoms with van der Waals surface area (Å²) in [7, 11) is 0. The second-order valence-corrected chi connectivity index (χ2v) is 8.54. The number of aromatic nitrogens is 6. The van der Waals surface area contributed by atoms with Gasteiger partial charge < -0.3 is 4.98 Å². The van der Waals surface area contributed by atoms with Gasteiger partial charge in [0.25, 0.3) is 0 Å². The molecule has 0 aliphatic heterocycles. The van der Waals surface area contributed by atoms with E-state index in [0.717, 1.165) is 23.7 Å². The molecule has 0 atom stereocenters. The smallest absolute Gasteiger partial charge is 0.222 e. The van der Waals surface area contributed by atoms with Crippen LogP contribution in [0.3, 0.4) is 0 Å². The highest BCUT2D eigenvalue weighted by Gasteiger charge is 2.42. The third kappa shape index (κ3) is 2.63. The number of fused-ring (bicyclic) bond motifs is 1. The Hall–Kier alpha value is -3.02. The minimum absolute atomic E-state index is 0.277. The van der Waals surface area contributed by atoms with Crippen molar-refractivity contribution in [3.8, 4) is 11.5 Å². The van der Waals surface area contributed by atoms with Crippen LogP contribution in [0.25, 0.3) is 22.4 Å². The fourth-order valence-corrected chi connectivity index (χ4v) is 4.23. The molecule has 6 rings (SSSR count). The van der Waals surface area contributed by atoms with Crippen molar-refractivity contribution in [1.82, 2.24) is 30.6 Å². The van der Waals surface area contributed by atoms with Crippen LogP contribution in [-0.4, -0.2) is 30.6 Å². The lowest BCUT2D eigenvalue weighted by Gasteiger charge is -2.11. The zero-order valence-corrected chi connectivity index (χ0v) is 15.9. The molecule has 140 valence electrons. The molecule has 1 aromatic carbocycles. The highest BCUT2D eigenvalue weighted by atomic mass is 15.5. The monoisotopic (exact) mass is 370 g/mol. The number of rotatable bonds is 5. The first-order chi connectivity index (χ1) is 13.7. The van der Waals surface area contributed by atoms with Crippen molar-refractivity contribution in [2.24, 2.45) is 0 Å². The van der Waals surface area contributed by atoms with Crippen molar-refractivity contribution in [2.75, 3.05) is 0 Å². The molecular formula is C22H22N6. The molecule has 3 heterocycles. The van der Waals surface area contributed by atoms with E-state index in [1.165, 1.54) is 53.4 Å². The SMILES string of the molecule is CC1(c2[nH]c3cc(C4CC4)ccc3c2Cc2cccc(-c3nn[nH]n3)n2)CC1. The fourth-order valence-electron chi connectivity index (χ4n) is 4.23. The lowest BCUT2D eigenvalue weighted by atomic mass is 9.95. The van der Waals surface area contributed by atoms with Crippen LogP contribution in [0.1, 0.15) is 61.0 Å². The van der Waals surface area contributed by atoms with Crippen molar-refractivity contribution in [2.45, 2.75) is 50.4 Å². The van der Waals surface area contributed by atoms with Gasteiger partial charge in [-0.2, -0.15) is 5.21 Å². The first-order valence-electron chi connectivity index (χ1n) is 10.0. The Kier molecular flexibility index (Phi) is 3.27. The molecular weight excluding hydrogens is 348 g/mol. The third-order valence-electron chi connectivity index (χ3n) is 6.32. The number of pyridine rings is 1. The second kappa shape index (κ2) is 5.74. The van der Waals surface area contributed by atoms with Crippen LogP contribution < -0.4 is 0 Å². The Morgan fingerprint density at radius 1 is 1.14 bits per heavy atom. The van der Waals surface area contributed by atoms with E-state index in [1.807, 2.05) is 12.1 Å². The number of tetrazole rings is 1. The molecule has 2 N–H and O–H groups in total. The summed E-state index contributed by atoms with van der Waals surface area (Å²) in [4.78, 5) is 8.58. The number of nitrogens with one attached hydrogen (secondary N) is 2. The van der Waals surface area contributed by atoms with Gasteiger partial charge in [0, 0.05) is 34.1 Å². The van der Waals surface area contributed by atoms with Crippen molar-refractivity contribution >= 4 is 10.9 Å².